The summed E-state index contributed by atoms with van der Waals surface area (Å²) >= 11 is 13.2. The first-order valence-electron chi connectivity index (χ1n) is 8.56. The number of aromatic hydroxyl groups is 1. The Morgan fingerprint density at radius 2 is 1.97 bits per heavy atom. The predicted molar refractivity (Wildman–Crippen MR) is 115 cm³/mol. The zero-order chi connectivity index (χ0) is 20.5. The number of thioether (sulfide) groups is 1. The topological polar surface area (TPSA) is 124 Å². The van der Waals surface area contributed by atoms with Crippen molar-refractivity contribution in [3.8, 4) is 22.9 Å². The molecule has 1 unspecified atom stereocenters. The van der Waals surface area contributed by atoms with Crippen molar-refractivity contribution in [3.05, 3.63) is 51.5 Å². The Bertz CT molecular complexity index is 1130. The van der Waals surface area contributed by atoms with E-state index in [4.69, 9.17) is 28.9 Å². The molecule has 0 fully saturated rings. The molecule has 4 N–H and O–H groups in total. The van der Waals surface area contributed by atoms with Crippen molar-refractivity contribution in [2.24, 2.45) is 4.99 Å². The minimum atomic E-state index is -0.176. The molecule has 7 nitrogen and oxygen atoms in total. The number of rotatable bonds is 6. The van der Waals surface area contributed by atoms with Crippen LogP contribution in [0.25, 0.3) is 11.1 Å². The highest BCUT2D eigenvalue weighted by Gasteiger charge is 2.28. The van der Waals surface area contributed by atoms with E-state index >= 15 is 0 Å². The number of aryl methyl sites for hydroxylation is 1. The van der Waals surface area contributed by atoms with Gasteiger partial charge in [-0.15, -0.1) is 11.8 Å². The van der Waals surface area contributed by atoms with Crippen LogP contribution in [0.3, 0.4) is 0 Å². The smallest absolute Gasteiger partial charge is 0.166 e. The number of benzene rings is 1. The van der Waals surface area contributed by atoms with Crippen LogP contribution in [0.4, 0.5) is 5.82 Å². The van der Waals surface area contributed by atoms with Gasteiger partial charge >= 0.3 is 0 Å². The molecule has 0 aliphatic carbocycles. The van der Waals surface area contributed by atoms with E-state index in [1.807, 2.05) is 0 Å². The molecule has 10 heteroatoms. The largest absolute Gasteiger partial charge is 0.508 e. The molecule has 146 valence electrons. The molecule has 0 saturated heterocycles. The Kier molecular flexibility index (Phi) is 5.37. The zero-order valence-electron chi connectivity index (χ0n) is 14.9. The van der Waals surface area contributed by atoms with Crippen LogP contribution in [0.5, 0.6) is 5.75 Å². The third-order valence-electron chi connectivity index (χ3n) is 4.34. The van der Waals surface area contributed by atoms with E-state index in [9.17, 15) is 10.4 Å². The number of pyridine rings is 1. The first-order chi connectivity index (χ1) is 14.0. The Morgan fingerprint density at radius 1 is 1.24 bits per heavy atom. The van der Waals surface area contributed by atoms with Crippen LogP contribution in [0, 0.1) is 11.3 Å². The lowest BCUT2D eigenvalue weighted by Crippen LogP contribution is -2.06. The lowest BCUT2D eigenvalue weighted by Gasteiger charge is -2.16. The molecule has 3 aromatic rings. The number of imidazole rings is 1. The second kappa shape index (κ2) is 7.95. The van der Waals surface area contributed by atoms with Crippen molar-refractivity contribution >= 4 is 47.0 Å². The van der Waals surface area contributed by atoms with Gasteiger partial charge in [0.2, 0.25) is 0 Å². The molecule has 0 saturated carbocycles. The van der Waals surface area contributed by atoms with Crippen LogP contribution in [0.15, 0.2) is 34.3 Å². The maximum atomic E-state index is 9.90. The number of halogens is 2. The maximum Gasteiger partial charge on any atom is 0.166 e. The average Bonchev–Trinajstić information content (AvgIpc) is 3.47. The van der Waals surface area contributed by atoms with Gasteiger partial charge < -0.3 is 15.8 Å². The van der Waals surface area contributed by atoms with Gasteiger partial charge in [0.25, 0.3) is 0 Å². The van der Waals surface area contributed by atoms with Crippen molar-refractivity contribution in [1.29, 1.82) is 5.26 Å². The van der Waals surface area contributed by atoms with Gasteiger partial charge in [-0.25, -0.2) is 9.97 Å². The summed E-state index contributed by atoms with van der Waals surface area (Å²) < 4.78 is 0. The van der Waals surface area contributed by atoms with Crippen LogP contribution in [-0.2, 0) is 6.42 Å². The molecule has 1 aliphatic rings. The summed E-state index contributed by atoms with van der Waals surface area (Å²) in [5, 5.41) is 20.6. The number of aromatic amines is 1. The molecule has 1 atom stereocenters. The fourth-order valence-electron chi connectivity index (χ4n) is 2.96. The van der Waals surface area contributed by atoms with E-state index in [2.05, 4.69) is 26.0 Å². The average molecular weight is 445 g/mol. The number of phenolic OH excluding ortho intramolecular Hbond substituents is 1. The molecule has 2 aromatic heterocycles. The standard InChI is InChI=1S/C19H14Cl2N6OS/c20-16-17(21)26-13(25-16)5-6-29-19-11(7-22)14(9-1-3-10(28)4-2-9)15(12-8-24-12)18(23)27-19/h1-4,8,12,28H,5-6H2,(H2,23,27)(H,25,26). The SMILES string of the molecule is N#Cc1c(SCCc2nc(Cl)c(Cl)[nH]2)nc(N)c(C2C=N2)c1-c1ccc(O)cc1. The number of hydrogen-bond acceptors (Lipinski definition) is 7. The minimum absolute atomic E-state index is 0.142. The normalized spacial score (nSPS) is 14.7. The fourth-order valence-corrected chi connectivity index (χ4v) is 4.20. The lowest BCUT2D eigenvalue weighted by atomic mass is 9.94. The van der Waals surface area contributed by atoms with Gasteiger partial charge in [-0.05, 0) is 17.7 Å². The second-order valence-electron chi connectivity index (χ2n) is 6.25. The van der Waals surface area contributed by atoms with Gasteiger partial charge in [0.1, 0.15) is 39.7 Å². The second-order valence-corrected chi connectivity index (χ2v) is 8.07. The Morgan fingerprint density at radius 3 is 2.55 bits per heavy atom. The number of H-pyrrole nitrogens is 1. The summed E-state index contributed by atoms with van der Waals surface area (Å²) in [5.41, 5.74) is 8.84. The van der Waals surface area contributed by atoms with Crippen molar-refractivity contribution in [2.45, 2.75) is 17.5 Å². The van der Waals surface area contributed by atoms with E-state index < -0.39 is 0 Å². The minimum Gasteiger partial charge on any atom is -0.508 e. The highest BCUT2D eigenvalue weighted by Crippen LogP contribution is 2.42. The zero-order valence-corrected chi connectivity index (χ0v) is 17.2. The molecule has 0 bridgehead atoms. The summed E-state index contributed by atoms with van der Waals surface area (Å²) in [7, 11) is 0. The highest BCUT2D eigenvalue weighted by atomic mass is 35.5. The van der Waals surface area contributed by atoms with Crippen molar-refractivity contribution in [1.82, 2.24) is 15.0 Å². The van der Waals surface area contributed by atoms with Crippen molar-refractivity contribution in [3.63, 3.8) is 0 Å². The first kappa shape index (κ1) is 19.6. The Balaban J connectivity index is 1.69. The van der Waals surface area contributed by atoms with Gasteiger partial charge in [-0.2, -0.15) is 5.26 Å². The van der Waals surface area contributed by atoms with E-state index in [0.29, 0.717) is 50.7 Å². The molecule has 0 spiro atoms. The number of nitrogen functional groups attached to an aromatic ring is 1. The molecule has 4 rings (SSSR count). The highest BCUT2D eigenvalue weighted by molar-refractivity contribution is 7.99. The maximum absolute atomic E-state index is 9.90. The number of nitriles is 1. The molecular formula is C19H14Cl2N6OS. The van der Waals surface area contributed by atoms with Crippen LogP contribution < -0.4 is 5.73 Å². The number of aliphatic imine (C=N–C) groups is 1. The number of anilines is 1. The van der Waals surface area contributed by atoms with Crippen LogP contribution >= 0.6 is 35.0 Å². The first-order valence-corrected chi connectivity index (χ1v) is 10.3. The fraction of sp³-hybridized carbons (Fsp3) is 0.158. The van der Waals surface area contributed by atoms with E-state index in [0.717, 1.165) is 5.56 Å². The number of nitrogens with zero attached hydrogens (tertiary/aromatic N) is 4. The molecule has 3 heterocycles. The molecule has 0 radical (unpaired) electrons. The summed E-state index contributed by atoms with van der Waals surface area (Å²) in [5.74, 6) is 1.72. The van der Waals surface area contributed by atoms with Crippen LogP contribution in [-0.4, -0.2) is 32.0 Å². The third-order valence-corrected chi connectivity index (χ3v) is 5.96. The van der Waals surface area contributed by atoms with Gasteiger partial charge in [-0.1, -0.05) is 35.3 Å². The van der Waals surface area contributed by atoms with Gasteiger partial charge in [0.05, 0.1) is 5.56 Å². The van der Waals surface area contributed by atoms with Crippen molar-refractivity contribution < 1.29 is 5.11 Å². The Hall–Kier alpha value is -2.73. The number of nitrogens with two attached hydrogens (primary N) is 1. The van der Waals surface area contributed by atoms with Crippen molar-refractivity contribution in [2.75, 3.05) is 11.5 Å². The van der Waals surface area contributed by atoms with Crippen LogP contribution in [0.2, 0.25) is 10.3 Å². The van der Waals surface area contributed by atoms with Gasteiger partial charge in [-0.3, -0.25) is 4.99 Å². The monoisotopic (exact) mass is 444 g/mol. The van der Waals surface area contributed by atoms with Gasteiger partial charge in [0.15, 0.2) is 5.15 Å². The Labute approximate surface area is 180 Å². The number of hydrogen-bond donors (Lipinski definition) is 3. The number of aromatic nitrogens is 3. The molecule has 1 aromatic carbocycles. The summed E-state index contributed by atoms with van der Waals surface area (Å²) in [4.78, 5) is 15.7. The quantitative estimate of drug-likeness (QED) is 0.483. The lowest BCUT2D eigenvalue weighted by molar-refractivity contribution is 0.475. The van der Waals surface area contributed by atoms with Crippen LogP contribution in [0.1, 0.15) is 23.0 Å². The number of nitrogens with one attached hydrogen (secondary N) is 1. The predicted octanol–water partition coefficient (Wildman–Crippen LogP) is 4.40. The third kappa shape index (κ3) is 4.03. The van der Waals surface area contributed by atoms with E-state index in [-0.39, 0.29) is 16.9 Å². The molecule has 1 aliphatic heterocycles. The van der Waals surface area contributed by atoms with E-state index in [1.54, 1.807) is 30.5 Å². The summed E-state index contributed by atoms with van der Waals surface area (Å²) in [6.45, 7) is 0. The molecule has 29 heavy (non-hydrogen) atoms. The summed E-state index contributed by atoms with van der Waals surface area (Å²) in [6, 6.07) is 8.73. The number of phenols is 1. The van der Waals surface area contributed by atoms with Gasteiger partial charge in [0, 0.05) is 29.5 Å². The summed E-state index contributed by atoms with van der Waals surface area (Å²) in [6.07, 6.45) is 2.32. The molecular weight excluding hydrogens is 431 g/mol. The molecule has 0 amide bonds. The van der Waals surface area contributed by atoms with E-state index in [1.165, 1.54) is 11.8 Å².